The monoisotopic (exact) mass is 815 g/mol. The molecule has 2 aliphatic carbocycles. The van der Waals surface area contributed by atoms with E-state index < -0.39 is 73.8 Å². The van der Waals surface area contributed by atoms with Crippen LogP contribution in [0.1, 0.15) is 111 Å². The van der Waals surface area contributed by atoms with Crippen LogP contribution in [0.15, 0.2) is 54.6 Å². The van der Waals surface area contributed by atoms with Gasteiger partial charge < -0.3 is 20.3 Å². The number of benzene rings is 2. The SMILES string of the molecule is CC[C@@H]1C[C@]1(NC(=O)[C@@H]1C[C@@H]2CN1C(=O)[C@H](C(C)(C)C)NC(=O)OC(C)(C)CCCCCc1cccc(c1)-c1nn2nc1-c1ccccc1)C(=O)NS(=O)(=O)C1CC1. The fourth-order valence-corrected chi connectivity index (χ4v) is 9.80. The van der Waals surface area contributed by atoms with E-state index >= 15 is 0 Å². The number of hydrogen-bond donors (Lipinski definition) is 3. The van der Waals surface area contributed by atoms with Gasteiger partial charge in [-0.1, -0.05) is 89.1 Å². The number of carbonyl (C=O) groups is 4. The van der Waals surface area contributed by atoms with Crippen molar-refractivity contribution >= 4 is 33.8 Å². The van der Waals surface area contributed by atoms with Crippen molar-refractivity contribution in [1.29, 1.82) is 0 Å². The molecule has 6 bridgehead atoms. The van der Waals surface area contributed by atoms with Crippen LogP contribution >= 0.6 is 0 Å². The quantitative estimate of drug-likeness (QED) is 0.270. The summed E-state index contributed by atoms with van der Waals surface area (Å²) < 4.78 is 33.9. The van der Waals surface area contributed by atoms with Crippen LogP contribution < -0.4 is 15.4 Å². The first kappa shape index (κ1) is 41.4. The van der Waals surface area contributed by atoms with Crippen molar-refractivity contribution in [2.45, 2.75) is 140 Å². The summed E-state index contributed by atoms with van der Waals surface area (Å²) in [7, 11) is -3.88. The third-order valence-electron chi connectivity index (χ3n) is 12.1. The number of nitrogens with zero attached hydrogens (tertiary/aromatic N) is 4. The second-order valence-corrected chi connectivity index (χ2v) is 20.2. The number of aromatic nitrogens is 3. The van der Waals surface area contributed by atoms with Gasteiger partial charge in [0, 0.05) is 24.1 Å². The van der Waals surface area contributed by atoms with Crippen molar-refractivity contribution in [3.63, 3.8) is 0 Å². The number of alkyl carbamates (subject to hydrolysis) is 1. The first-order chi connectivity index (χ1) is 27.4. The number of hydrogen-bond acceptors (Lipinski definition) is 9. The zero-order valence-corrected chi connectivity index (χ0v) is 35.2. The highest BCUT2D eigenvalue weighted by Crippen LogP contribution is 2.47. The molecule has 0 radical (unpaired) electrons. The average molecular weight is 816 g/mol. The fourth-order valence-electron chi connectivity index (χ4n) is 8.43. The summed E-state index contributed by atoms with van der Waals surface area (Å²) in [6, 6.07) is 15.3. The van der Waals surface area contributed by atoms with Crippen LogP contribution in [0, 0.1) is 11.3 Å². The lowest BCUT2D eigenvalue weighted by Crippen LogP contribution is -2.60. The standard InChI is InChI=1S/C43H57N7O7S/c1-7-30-25-43(30,39(53)48-58(55,56)32-20-21-32)45-37(51)33-24-31-26-49(33)38(52)36(41(2,3)4)44-40(54)57-42(5,6)22-13-9-10-15-27-16-14-19-29(23-27)35-34(46-50(31)47-35)28-17-11-8-12-18-28/h8,11-12,14,16-19,23,30-33,36H,7,9-10,13,15,20-22,24-26H2,1-6H3,(H,44,54)(H,45,51)(H,48,53)/t30-,31-,33+,36-,43-/m1/s1. The summed E-state index contributed by atoms with van der Waals surface area (Å²) in [5.74, 6) is -2.14. The van der Waals surface area contributed by atoms with Crippen LogP contribution in [-0.4, -0.2) is 87.1 Å². The maximum atomic E-state index is 14.9. The first-order valence-electron chi connectivity index (χ1n) is 20.7. The van der Waals surface area contributed by atoms with Gasteiger partial charge in [0.05, 0.1) is 11.3 Å². The number of fused-ring (bicyclic) bond motifs is 8. The molecule has 58 heavy (non-hydrogen) atoms. The highest BCUT2D eigenvalue weighted by molar-refractivity contribution is 7.91. The molecule has 0 spiro atoms. The Kier molecular flexibility index (Phi) is 11.2. The van der Waals surface area contributed by atoms with E-state index in [-0.39, 0.29) is 25.3 Å². The van der Waals surface area contributed by atoms with Gasteiger partial charge in [0.25, 0.3) is 5.91 Å². The minimum Gasteiger partial charge on any atom is -0.444 e. The summed E-state index contributed by atoms with van der Waals surface area (Å²) in [6.07, 6.45) is 5.34. The first-order valence-corrected chi connectivity index (χ1v) is 22.2. The molecule has 15 heteroatoms. The molecule has 1 aromatic heterocycles. The van der Waals surface area contributed by atoms with E-state index in [0.717, 1.165) is 42.4 Å². The number of rotatable bonds is 7. The summed E-state index contributed by atoms with van der Waals surface area (Å²) in [5, 5.41) is 15.2. The molecule has 0 unspecified atom stereocenters. The molecule has 4 aliphatic rings. The maximum Gasteiger partial charge on any atom is 0.408 e. The van der Waals surface area contributed by atoms with Crippen molar-refractivity contribution in [3.8, 4) is 22.5 Å². The zero-order chi connectivity index (χ0) is 41.6. The number of carbonyl (C=O) groups excluding carboxylic acids is 4. The summed E-state index contributed by atoms with van der Waals surface area (Å²) in [4.78, 5) is 59.8. The highest BCUT2D eigenvalue weighted by Gasteiger charge is 2.62. The molecule has 2 aromatic carbocycles. The predicted molar refractivity (Wildman–Crippen MR) is 219 cm³/mol. The molecule has 1 saturated heterocycles. The Hall–Kier alpha value is -4.79. The van der Waals surface area contributed by atoms with Gasteiger partial charge in [0.1, 0.15) is 34.6 Å². The van der Waals surface area contributed by atoms with Gasteiger partial charge in [0.15, 0.2) is 0 Å². The van der Waals surface area contributed by atoms with Crippen molar-refractivity contribution in [2.75, 3.05) is 6.54 Å². The molecule has 14 nitrogen and oxygen atoms in total. The Bertz CT molecular complexity index is 2160. The lowest BCUT2D eigenvalue weighted by atomic mass is 9.85. The molecule has 2 aliphatic heterocycles. The molecule has 2 saturated carbocycles. The predicted octanol–water partition coefficient (Wildman–Crippen LogP) is 5.68. The van der Waals surface area contributed by atoms with Crippen LogP contribution in [0.2, 0.25) is 0 Å². The largest absolute Gasteiger partial charge is 0.444 e. The highest BCUT2D eigenvalue weighted by atomic mass is 32.2. The second-order valence-electron chi connectivity index (χ2n) is 18.3. The minimum atomic E-state index is -3.88. The number of nitrogens with one attached hydrogen (secondary N) is 3. The van der Waals surface area contributed by atoms with Gasteiger partial charge in [-0.05, 0) is 81.8 Å². The van der Waals surface area contributed by atoms with Gasteiger partial charge in [-0.2, -0.15) is 15.0 Å². The molecule has 3 heterocycles. The van der Waals surface area contributed by atoms with Gasteiger partial charge >= 0.3 is 6.09 Å². The fraction of sp³-hybridized carbons (Fsp3) is 0.581. The second kappa shape index (κ2) is 15.8. The molecular formula is C43H57N7O7S. The van der Waals surface area contributed by atoms with Crippen molar-refractivity contribution in [2.24, 2.45) is 11.3 Å². The Morgan fingerprint density at radius 3 is 2.31 bits per heavy atom. The molecule has 312 valence electrons. The number of amides is 4. The smallest absolute Gasteiger partial charge is 0.408 e. The van der Waals surface area contributed by atoms with E-state index in [1.165, 1.54) is 4.90 Å². The Morgan fingerprint density at radius 1 is 0.966 bits per heavy atom. The average Bonchev–Trinajstić information content (AvgIpc) is 4.05. The number of sulfonamides is 1. The topological polar surface area (TPSA) is 182 Å². The molecular weight excluding hydrogens is 759 g/mol. The van der Waals surface area contributed by atoms with E-state index in [4.69, 9.17) is 14.9 Å². The summed E-state index contributed by atoms with van der Waals surface area (Å²) >= 11 is 0. The maximum absolute atomic E-state index is 14.9. The number of aryl methyl sites for hydroxylation is 1. The van der Waals surface area contributed by atoms with Crippen LogP contribution in [0.4, 0.5) is 4.79 Å². The third-order valence-corrected chi connectivity index (χ3v) is 13.9. The van der Waals surface area contributed by atoms with Crippen LogP contribution in [-0.2, 0) is 35.6 Å². The molecule has 3 N–H and O–H groups in total. The number of cyclic esters (lactones) is 1. The van der Waals surface area contributed by atoms with E-state index in [1.807, 2.05) is 84.0 Å². The Balaban J connectivity index is 1.28. The molecule has 5 atom stereocenters. The number of ether oxygens (including phenoxy) is 1. The van der Waals surface area contributed by atoms with Gasteiger partial charge in [-0.3, -0.25) is 19.1 Å². The van der Waals surface area contributed by atoms with Crippen molar-refractivity contribution < 1.29 is 32.3 Å². The summed E-state index contributed by atoms with van der Waals surface area (Å²) in [6.45, 7) is 11.1. The van der Waals surface area contributed by atoms with E-state index in [2.05, 4.69) is 27.5 Å². The van der Waals surface area contributed by atoms with Gasteiger partial charge in [-0.15, -0.1) is 0 Å². The van der Waals surface area contributed by atoms with Crippen molar-refractivity contribution in [3.05, 3.63) is 60.2 Å². The summed E-state index contributed by atoms with van der Waals surface area (Å²) in [5.41, 5.74) is 1.20. The molecule has 7 rings (SSSR count). The van der Waals surface area contributed by atoms with Gasteiger partial charge in [-0.25, -0.2) is 13.2 Å². The van der Waals surface area contributed by atoms with Crippen LogP contribution in [0.25, 0.3) is 22.5 Å². The van der Waals surface area contributed by atoms with Crippen molar-refractivity contribution in [1.82, 2.24) is 35.2 Å². The normalized spacial score (nSPS) is 26.6. The lowest BCUT2D eigenvalue weighted by Gasteiger charge is -2.36. The minimum absolute atomic E-state index is 0.0283. The van der Waals surface area contributed by atoms with Crippen LogP contribution in [0.3, 0.4) is 0 Å². The Labute approximate surface area is 341 Å². The van der Waals surface area contributed by atoms with E-state index in [1.54, 1.807) is 4.80 Å². The lowest BCUT2D eigenvalue weighted by molar-refractivity contribution is -0.143. The zero-order valence-electron chi connectivity index (χ0n) is 34.4. The molecule has 3 fully saturated rings. The van der Waals surface area contributed by atoms with E-state index in [9.17, 15) is 27.6 Å². The third kappa shape index (κ3) is 8.79. The Morgan fingerprint density at radius 2 is 1.66 bits per heavy atom. The molecule has 3 aromatic rings. The van der Waals surface area contributed by atoms with Crippen LogP contribution in [0.5, 0.6) is 0 Å². The molecule has 4 amide bonds. The van der Waals surface area contributed by atoms with E-state index in [0.29, 0.717) is 37.1 Å². The van der Waals surface area contributed by atoms with Gasteiger partial charge in [0.2, 0.25) is 21.8 Å².